The molecular formula is C34H62N2O2. The van der Waals surface area contributed by atoms with Crippen molar-refractivity contribution in [2.75, 3.05) is 27.2 Å². The minimum Gasteiger partial charge on any atom is -0.356 e. The minimum atomic E-state index is -0.859. The Balaban J connectivity index is 1.37. The van der Waals surface area contributed by atoms with Crippen LogP contribution < -0.4 is 5.32 Å². The lowest BCUT2D eigenvalue weighted by atomic mass is 9.47. The molecule has 38 heavy (non-hydrogen) atoms. The van der Waals surface area contributed by atoms with Crippen molar-refractivity contribution in [2.45, 2.75) is 125 Å². The fourth-order valence-corrected chi connectivity index (χ4v) is 10.0. The van der Waals surface area contributed by atoms with Gasteiger partial charge in [-0.2, -0.15) is 0 Å². The van der Waals surface area contributed by atoms with E-state index in [0.717, 1.165) is 67.4 Å². The second kappa shape index (κ2) is 12.6. The molecule has 220 valence electrons. The van der Waals surface area contributed by atoms with Crippen LogP contribution in [-0.2, 0) is 4.74 Å². The second-order valence-electron chi connectivity index (χ2n) is 15.1. The lowest BCUT2D eigenvalue weighted by Crippen LogP contribution is -2.51. The van der Waals surface area contributed by atoms with Crippen LogP contribution in [0.15, 0.2) is 11.6 Å². The topological polar surface area (TPSA) is 44.7 Å². The number of hydrogen-bond donors (Lipinski definition) is 2. The molecule has 3 saturated carbocycles. The molecule has 0 aromatic heterocycles. The normalized spacial score (nSPS) is 39.3. The van der Waals surface area contributed by atoms with E-state index in [-0.39, 0.29) is 6.10 Å². The summed E-state index contributed by atoms with van der Waals surface area (Å²) in [4.78, 5) is 2.12. The SMILES string of the molecule is CC[C@H](CC[C@@H](C)[C@H]1CCC2C3CC=C4C[C@@H](OC(O)NCCN(C)C)CC[C@]4(C)C3CC[C@@]21C)C(C)C. The van der Waals surface area contributed by atoms with Crippen molar-refractivity contribution in [3.63, 3.8) is 0 Å². The van der Waals surface area contributed by atoms with Crippen LogP contribution in [0, 0.1) is 52.3 Å². The van der Waals surface area contributed by atoms with Crippen molar-refractivity contribution in [2.24, 2.45) is 52.3 Å². The average molecular weight is 531 g/mol. The molecule has 0 amide bonds. The molecule has 0 saturated heterocycles. The summed E-state index contributed by atoms with van der Waals surface area (Å²) < 4.78 is 6.08. The summed E-state index contributed by atoms with van der Waals surface area (Å²) in [5, 5.41) is 13.5. The van der Waals surface area contributed by atoms with E-state index in [1.165, 1.54) is 57.8 Å². The zero-order valence-corrected chi connectivity index (χ0v) is 26.3. The molecule has 0 aliphatic heterocycles. The van der Waals surface area contributed by atoms with Gasteiger partial charge < -0.3 is 14.7 Å². The van der Waals surface area contributed by atoms with E-state index in [4.69, 9.17) is 4.74 Å². The van der Waals surface area contributed by atoms with Gasteiger partial charge in [-0.15, -0.1) is 0 Å². The van der Waals surface area contributed by atoms with Crippen LogP contribution in [0.25, 0.3) is 0 Å². The molecule has 0 aromatic rings. The molecule has 0 aromatic carbocycles. The highest BCUT2D eigenvalue weighted by molar-refractivity contribution is 5.25. The van der Waals surface area contributed by atoms with Crippen molar-refractivity contribution in [3.8, 4) is 0 Å². The van der Waals surface area contributed by atoms with Crippen LogP contribution in [-0.4, -0.2) is 49.7 Å². The Bertz CT molecular complexity index is 795. The third-order valence-electron chi connectivity index (χ3n) is 12.5. The van der Waals surface area contributed by atoms with Crippen molar-refractivity contribution in [3.05, 3.63) is 11.6 Å². The summed E-state index contributed by atoms with van der Waals surface area (Å²) in [5.74, 6) is 6.12. The fraction of sp³-hybridized carbons (Fsp3) is 0.941. The lowest BCUT2D eigenvalue weighted by Gasteiger charge is -2.58. The van der Waals surface area contributed by atoms with Crippen LogP contribution in [0.4, 0.5) is 0 Å². The van der Waals surface area contributed by atoms with E-state index < -0.39 is 6.41 Å². The first kappa shape index (κ1) is 30.5. The largest absolute Gasteiger partial charge is 0.356 e. The molecule has 0 radical (unpaired) electrons. The van der Waals surface area contributed by atoms with E-state index >= 15 is 0 Å². The lowest BCUT2D eigenvalue weighted by molar-refractivity contribution is -0.165. The van der Waals surface area contributed by atoms with Gasteiger partial charge in [0.25, 0.3) is 0 Å². The molecule has 10 atom stereocenters. The van der Waals surface area contributed by atoms with Gasteiger partial charge in [0, 0.05) is 13.1 Å². The number of aliphatic hydroxyl groups is 1. The first-order valence-electron chi connectivity index (χ1n) is 16.4. The number of hydrogen-bond acceptors (Lipinski definition) is 4. The highest BCUT2D eigenvalue weighted by atomic mass is 16.6. The molecule has 4 rings (SSSR count). The van der Waals surface area contributed by atoms with Gasteiger partial charge in [-0.05, 0) is 124 Å². The van der Waals surface area contributed by atoms with Gasteiger partial charge in [0.1, 0.15) is 0 Å². The molecule has 0 spiro atoms. The minimum absolute atomic E-state index is 0.135. The highest BCUT2D eigenvalue weighted by Gasteiger charge is 2.59. The third-order valence-corrected chi connectivity index (χ3v) is 12.5. The fourth-order valence-electron chi connectivity index (χ4n) is 10.0. The van der Waals surface area contributed by atoms with Crippen molar-refractivity contribution >= 4 is 0 Å². The van der Waals surface area contributed by atoms with Gasteiger partial charge in [0.05, 0.1) is 6.10 Å². The Morgan fingerprint density at radius 1 is 1.05 bits per heavy atom. The Labute approximate surface area is 235 Å². The number of allylic oxidation sites excluding steroid dienone is 1. The average Bonchev–Trinajstić information content (AvgIpc) is 3.21. The third kappa shape index (κ3) is 6.24. The zero-order valence-electron chi connectivity index (χ0n) is 26.3. The summed E-state index contributed by atoms with van der Waals surface area (Å²) >= 11 is 0. The Hall–Kier alpha value is -0.420. The van der Waals surface area contributed by atoms with Gasteiger partial charge >= 0.3 is 0 Å². The highest BCUT2D eigenvalue weighted by Crippen LogP contribution is 2.67. The molecule has 4 nitrogen and oxygen atoms in total. The molecule has 0 heterocycles. The van der Waals surface area contributed by atoms with Crippen LogP contribution in [0.1, 0.15) is 112 Å². The van der Waals surface area contributed by atoms with Gasteiger partial charge in [0.2, 0.25) is 6.41 Å². The summed E-state index contributed by atoms with van der Waals surface area (Å²) in [6.45, 7) is 16.8. The number of nitrogens with zero attached hydrogens (tertiary/aromatic N) is 1. The van der Waals surface area contributed by atoms with Crippen LogP contribution in [0.3, 0.4) is 0 Å². The number of aliphatic hydroxyl groups excluding tert-OH is 1. The number of rotatable bonds is 12. The van der Waals surface area contributed by atoms with Crippen LogP contribution in [0.5, 0.6) is 0 Å². The monoisotopic (exact) mass is 530 g/mol. The van der Waals surface area contributed by atoms with Gasteiger partial charge in [-0.3, -0.25) is 5.32 Å². The number of ether oxygens (including phenoxy) is 1. The maximum atomic E-state index is 10.4. The molecule has 4 aliphatic rings. The smallest absolute Gasteiger partial charge is 0.213 e. The summed E-state index contributed by atoms with van der Waals surface area (Å²) in [6, 6.07) is 0. The van der Waals surface area contributed by atoms with Crippen LogP contribution >= 0.6 is 0 Å². The molecular weight excluding hydrogens is 468 g/mol. The summed E-state index contributed by atoms with van der Waals surface area (Å²) in [6.07, 6.45) is 16.4. The first-order chi connectivity index (χ1) is 18.0. The van der Waals surface area contributed by atoms with E-state index in [1.807, 2.05) is 0 Å². The summed E-state index contributed by atoms with van der Waals surface area (Å²) in [7, 11) is 4.10. The van der Waals surface area contributed by atoms with Gasteiger partial charge in [-0.1, -0.05) is 66.0 Å². The standard InChI is InChI=1S/C34H62N2O2/c1-9-25(23(2)3)11-10-24(4)29-14-15-30-28-13-12-26-22-27(38-32(37)35-20-21-36(7)8)16-18-33(26,5)31(28)17-19-34(29,30)6/h12,23-25,27-32,35,37H,9-11,13-22H2,1-8H3/t24-,25-,27+,28?,29-,30?,31?,32?,33+,34-/m1/s1. The van der Waals surface area contributed by atoms with E-state index in [1.54, 1.807) is 5.57 Å². The number of nitrogens with one attached hydrogen (secondary N) is 1. The van der Waals surface area contributed by atoms with Gasteiger partial charge in [-0.25, -0.2) is 0 Å². The molecule has 2 N–H and O–H groups in total. The van der Waals surface area contributed by atoms with Crippen molar-refractivity contribution in [1.82, 2.24) is 10.2 Å². The second-order valence-corrected chi connectivity index (χ2v) is 15.1. The predicted molar refractivity (Wildman–Crippen MR) is 160 cm³/mol. The molecule has 0 bridgehead atoms. The Morgan fingerprint density at radius 2 is 1.82 bits per heavy atom. The van der Waals surface area contributed by atoms with Crippen molar-refractivity contribution < 1.29 is 9.84 Å². The predicted octanol–water partition coefficient (Wildman–Crippen LogP) is 7.48. The van der Waals surface area contributed by atoms with E-state index in [2.05, 4.69) is 71.9 Å². The maximum absolute atomic E-state index is 10.4. The quantitative estimate of drug-likeness (QED) is 0.203. The summed E-state index contributed by atoms with van der Waals surface area (Å²) in [5.41, 5.74) is 2.52. The number of likely N-dealkylation sites (N-methyl/N-ethyl adjacent to an activating group) is 1. The molecule has 4 aliphatic carbocycles. The van der Waals surface area contributed by atoms with Crippen molar-refractivity contribution in [1.29, 1.82) is 0 Å². The maximum Gasteiger partial charge on any atom is 0.213 e. The molecule has 4 unspecified atom stereocenters. The first-order valence-corrected chi connectivity index (χ1v) is 16.4. The molecule has 4 heteroatoms. The van der Waals surface area contributed by atoms with Crippen LogP contribution in [0.2, 0.25) is 0 Å². The number of fused-ring (bicyclic) bond motifs is 5. The molecule has 3 fully saturated rings. The van der Waals surface area contributed by atoms with Gasteiger partial charge in [0.15, 0.2) is 0 Å². The Kier molecular flexibility index (Phi) is 10.1. The van der Waals surface area contributed by atoms with E-state index in [9.17, 15) is 5.11 Å². The van der Waals surface area contributed by atoms with E-state index in [0.29, 0.717) is 10.8 Å². The Morgan fingerprint density at radius 3 is 2.50 bits per heavy atom. The zero-order chi connectivity index (χ0) is 27.7.